The molecule has 0 spiro atoms. The number of benzene rings is 1. The number of halogens is 3. The summed E-state index contributed by atoms with van der Waals surface area (Å²) >= 11 is 0. The van der Waals surface area contributed by atoms with Gasteiger partial charge in [-0.2, -0.15) is 21.6 Å². The first-order valence-electron chi connectivity index (χ1n) is 5.60. The van der Waals surface area contributed by atoms with Crippen molar-refractivity contribution in [3.8, 4) is 11.5 Å². The van der Waals surface area contributed by atoms with Gasteiger partial charge in [0.1, 0.15) is 17.8 Å². The van der Waals surface area contributed by atoms with E-state index >= 15 is 0 Å². The minimum absolute atomic E-state index is 0.0713. The standard InChI is InChI=1S/C12H9F3O5S/c1-7-4-8(6-16)10-3-2-9(5-11(10)19-7)20-21(17,18)12(13,14)15/h2-6,8H,1H3. The zero-order valence-corrected chi connectivity index (χ0v) is 11.4. The quantitative estimate of drug-likeness (QED) is 0.486. The Kier molecular flexibility index (Phi) is 3.70. The second-order valence-corrected chi connectivity index (χ2v) is 5.76. The van der Waals surface area contributed by atoms with E-state index in [2.05, 4.69) is 4.18 Å². The summed E-state index contributed by atoms with van der Waals surface area (Å²) in [6, 6.07) is 3.29. The van der Waals surface area contributed by atoms with Crippen LogP contribution < -0.4 is 8.92 Å². The maximum absolute atomic E-state index is 12.2. The number of alkyl halides is 3. The Morgan fingerprint density at radius 3 is 2.57 bits per heavy atom. The van der Waals surface area contributed by atoms with Crippen LogP contribution in [0.3, 0.4) is 0 Å². The molecular formula is C12H9F3O5S. The van der Waals surface area contributed by atoms with Crippen molar-refractivity contribution in [1.29, 1.82) is 0 Å². The van der Waals surface area contributed by atoms with E-state index in [0.717, 1.165) is 12.1 Å². The van der Waals surface area contributed by atoms with Gasteiger partial charge in [-0.25, -0.2) is 0 Å². The number of carbonyl (C=O) groups excluding carboxylic acids is 1. The minimum atomic E-state index is -5.75. The molecule has 0 saturated heterocycles. The molecule has 21 heavy (non-hydrogen) atoms. The molecule has 0 aliphatic carbocycles. The molecule has 0 amide bonds. The van der Waals surface area contributed by atoms with Crippen LogP contribution in [0.25, 0.3) is 0 Å². The van der Waals surface area contributed by atoms with Gasteiger partial charge in [-0.15, -0.1) is 0 Å². The fraction of sp³-hybridized carbons (Fsp3) is 0.250. The summed E-state index contributed by atoms with van der Waals surface area (Å²) in [6.45, 7) is 1.55. The fourth-order valence-corrected chi connectivity index (χ4v) is 2.22. The molecule has 1 aromatic carbocycles. The molecule has 5 nitrogen and oxygen atoms in total. The molecule has 0 aromatic heterocycles. The maximum Gasteiger partial charge on any atom is 0.534 e. The van der Waals surface area contributed by atoms with Gasteiger partial charge in [0.15, 0.2) is 0 Å². The smallest absolute Gasteiger partial charge is 0.462 e. The molecule has 0 fully saturated rings. The molecule has 1 aliphatic heterocycles. The Balaban J connectivity index is 2.36. The Labute approximate surface area is 118 Å². The van der Waals surface area contributed by atoms with E-state index in [9.17, 15) is 26.4 Å². The van der Waals surface area contributed by atoms with Crippen LogP contribution in [-0.4, -0.2) is 20.2 Å². The largest absolute Gasteiger partial charge is 0.534 e. The molecule has 114 valence electrons. The van der Waals surface area contributed by atoms with Crippen LogP contribution in [0, 0.1) is 0 Å². The van der Waals surface area contributed by atoms with Gasteiger partial charge in [0.05, 0.1) is 11.7 Å². The van der Waals surface area contributed by atoms with Crippen molar-refractivity contribution in [3.63, 3.8) is 0 Å². The van der Waals surface area contributed by atoms with Crippen LogP contribution in [0.15, 0.2) is 30.0 Å². The predicted molar refractivity (Wildman–Crippen MR) is 65.2 cm³/mol. The van der Waals surface area contributed by atoms with Crippen molar-refractivity contribution >= 4 is 16.4 Å². The maximum atomic E-state index is 12.2. The minimum Gasteiger partial charge on any atom is -0.462 e. The molecule has 2 rings (SSSR count). The van der Waals surface area contributed by atoms with Gasteiger partial charge < -0.3 is 13.7 Å². The molecule has 0 N–H and O–H groups in total. The zero-order chi connectivity index (χ0) is 15.8. The lowest BCUT2D eigenvalue weighted by molar-refractivity contribution is -0.108. The van der Waals surface area contributed by atoms with Crippen LogP contribution in [0.5, 0.6) is 11.5 Å². The number of allylic oxidation sites excluding steroid dienone is 2. The number of ether oxygens (including phenoxy) is 1. The summed E-state index contributed by atoms with van der Waals surface area (Å²) in [5.41, 5.74) is -5.11. The van der Waals surface area contributed by atoms with Gasteiger partial charge in [0.2, 0.25) is 0 Å². The van der Waals surface area contributed by atoms with E-state index in [0.29, 0.717) is 17.6 Å². The number of aldehydes is 1. The van der Waals surface area contributed by atoms with E-state index in [1.54, 1.807) is 6.92 Å². The summed E-state index contributed by atoms with van der Waals surface area (Å²) in [5.74, 6) is -0.718. The van der Waals surface area contributed by atoms with Crippen LogP contribution in [0.4, 0.5) is 13.2 Å². The summed E-state index contributed by atoms with van der Waals surface area (Å²) < 4.78 is 67.8. The molecule has 9 heteroatoms. The Hall–Kier alpha value is -2.03. The Morgan fingerprint density at radius 1 is 1.33 bits per heavy atom. The second kappa shape index (κ2) is 5.06. The summed E-state index contributed by atoms with van der Waals surface area (Å²) in [4.78, 5) is 10.9. The van der Waals surface area contributed by atoms with Crippen LogP contribution in [0.2, 0.25) is 0 Å². The summed E-state index contributed by atoms with van der Waals surface area (Å²) in [5, 5.41) is 0. The molecular weight excluding hydrogens is 313 g/mol. The molecule has 1 aliphatic rings. The second-order valence-electron chi connectivity index (χ2n) is 4.22. The van der Waals surface area contributed by atoms with Crippen molar-refractivity contribution in [3.05, 3.63) is 35.6 Å². The highest BCUT2D eigenvalue weighted by atomic mass is 32.2. The predicted octanol–water partition coefficient (Wildman–Crippen LogP) is 2.49. The molecule has 0 bridgehead atoms. The topological polar surface area (TPSA) is 69.7 Å². The van der Waals surface area contributed by atoms with Gasteiger partial charge in [-0.05, 0) is 19.1 Å². The van der Waals surface area contributed by atoms with Crippen LogP contribution in [-0.2, 0) is 14.9 Å². The average molecular weight is 322 g/mol. The lowest BCUT2D eigenvalue weighted by Crippen LogP contribution is -2.28. The third-order valence-corrected chi connectivity index (χ3v) is 3.64. The SMILES string of the molecule is CC1=CC(C=O)c2ccc(OS(=O)(=O)C(F)(F)F)cc2O1. The van der Waals surface area contributed by atoms with Crippen molar-refractivity contribution in [2.45, 2.75) is 18.3 Å². The van der Waals surface area contributed by atoms with Crippen molar-refractivity contribution in [1.82, 2.24) is 0 Å². The van der Waals surface area contributed by atoms with Crippen molar-refractivity contribution < 1.29 is 35.3 Å². The van der Waals surface area contributed by atoms with Crippen molar-refractivity contribution in [2.24, 2.45) is 0 Å². The number of hydrogen-bond donors (Lipinski definition) is 0. The molecule has 1 heterocycles. The van der Waals surface area contributed by atoms with E-state index in [1.165, 1.54) is 12.1 Å². The van der Waals surface area contributed by atoms with E-state index in [4.69, 9.17) is 4.74 Å². The highest BCUT2D eigenvalue weighted by Gasteiger charge is 2.48. The van der Waals surface area contributed by atoms with Gasteiger partial charge in [-0.3, -0.25) is 0 Å². The molecule has 1 aromatic rings. The van der Waals surface area contributed by atoms with Gasteiger partial charge in [0.25, 0.3) is 0 Å². The number of hydrogen-bond acceptors (Lipinski definition) is 5. The summed E-state index contributed by atoms with van der Waals surface area (Å²) in [7, 11) is -5.75. The Bertz CT molecular complexity index is 706. The molecule has 1 atom stereocenters. The van der Waals surface area contributed by atoms with E-state index in [1.807, 2.05) is 0 Å². The highest BCUT2D eigenvalue weighted by molar-refractivity contribution is 7.88. The first-order valence-corrected chi connectivity index (χ1v) is 7.01. The monoisotopic (exact) mass is 322 g/mol. The van der Waals surface area contributed by atoms with Crippen molar-refractivity contribution in [2.75, 3.05) is 0 Å². The average Bonchev–Trinajstić information content (AvgIpc) is 2.35. The number of fused-ring (bicyclic) bond motifs is 1. The van der Waals surface area contributed by atoms with Gasteiger partial charge in [0, 0.05) is 11.6 Å². The first kappa shape index (κ1) is 15.4. The molecule has 0 saturated carbocycles. The normalized spacial score (nSPS) is 18.3. The first-order chi connectivity index (χ1) is 9.64. The van der Waals surface area contributed by atoms with Crippen LogP contribution >= 0.6 is 0 Å². The van der Waals surface area contributed by atoms with E-state index < -0.39 is 27.3 Å². The Morgan fingerprint density at radius 2 is 2.00 bits per heavy atom. The molecule has 0 radical (unpaired) electrons. The number of carbonyl (C=O) groups is 1. The van der Waals surface area contributed by atoms with Gasteiger partial charge >= 0.3 is 15.6 Å². The lowest BCUT2D eigenvalue weighted by atomic mass is 9.97. The third-order valence-electron chi connectivity index (χ3n) is 2.67. The van der Waals surface area contributed by atoms with Crippen LogP contribution in [0.1, 0.15) is 18.4 Å². The third kappa shape index (κ3) is 3.02. The van der Waals surface area contributed by atoms with E-state index in [-0.39, 0.29) is 5.75 Å². The number of rotatable bonds is 3. The molecule has 1 unspecified atom stereocenters. The van der Waals surface area contributed by atoms with Gasteiger partial charge in [-0.1, -0.05) is 6.07 Å². The summed E-state index contributed by atoms with van der Waals surface area (Å²) in [6.07, 6.45) is 2.17. The highest BCUT2D eigenvalue weighted by Crippen LogP contribution is 2.37. The fourth-order valence-electron chi connectivity index (χ4n) is 1.77. The lowest BCUT2D eigenvalue weighted by Gasteiger charge is -2.20. The zero-order valence-electron chi connectivity index (χ0n) is 10.5.